The van der Waals surface area contributed by atoms with Crippen LogP contribution in [0.1, 0.15) is 47.2 Å². The van der Waals surface area contributed by atoms with Gasteiger partial charge in [-0.3, -0.25) is 4.79 Å². The molecule has 0 amide bonds. The Morgan fingerprint density at radius 1 is 1.29 bits per heavy atom. The van der Waals surface area contributed by atoms with Crippen LogP contribution >= 0.6 is 11.6 Å². The van der Waals surface area contributed by atoms with E-state index < -0.39 is 17.5 Å². The fourth-order valence-corrected chi connectivity index (χ4v) is 2.27. The number of benzene rings is 1. The highest BCUT2D eigenvalue weighted by atomic mass is 35.5. The fourth-order valence-electron chi connectivity index (χ4n) is 2.06. The summed E-state index contributed by atoms with van der Waals surface area (Å²) in [5.74, 6) is 0.321. The summed E-state index contributed by atoms with van der Waals surface area (Å²) >= 11 is 6.02. The minimum Gasteiger partial charge on any atom is -0.333 e. The number of allylic oxidation sites excluding steroid dienone is 1. The molecule has 0 spiro atoms. The maximum absolute atomic E-state index is 12.5. The molecule has 0 aliphatic rings. The Morgan fingerprint density at radius 3 is 2.54 bits per heavy atom. The molecule has 0 radical (unpaired) electrons. The molecule has 1 heterocycles. The second-order valence-corrected chi connectivity index (χ2v) is 5.64. The molecule has 1 N–H and O–H groups in total. The first kappa shape index (κ1) is 18.3. The third-order valence-corrected chi connectivity index (χ3v) is 3.68. The molecule has 0 aliphatic carbocycles. The van der Waals surface area contributed by atoms with E-state index >= 15 is 0 Å². The zero-order valence-corrected chi connectivity index (χ0v) is 13.7. The van der Waals surface area contributed by atoms with Crippen LogP contribution in [0.25, 0.3) is 6.08 Å². The van der Waals surface area contributed by atoms with Crippen LogP contribution in [0.3, 0.4) is 0 Å². The van der Waals surface area contributed by atoms with Crippen molar-refractivity contribution in [2.24, 2.45) is 0 Å². The summed E-state index contributed by atoms with van der Waals surface area (Å²) in [5, 5.41) is 0.331. The quantitative estimate of drug-likeness (QED) is 0.562. The molecule has 2 rings (SSSR count). The summed E-state index contributed by atoms with van der Waals surface area (Å²) in [7, 11) is 0. The SMILES string of the molecule is CCCCc1nc(/C=C/C(=O)c2ccc(C(F)(F)F)cc2)c(Cl)[nH]1. The highest BCUT2D eigenvalue weighted by Gasteiger charge is 2.30. The van der Waals surface area contributed by atoms with Crippen LogP contribution in [0, 0.1) is 0 Å². The van der Waals surface area contributed by atoms with Crippen LogP contribution in [-0.2, 0) is 12.6 Å². The van der Waals surface area contributed by atoms with Crippen LogP contribution in [0.5, 0.6) is 0 Å². The van der Waals surface area contributed by atoms with Crippen molar-refractivity contribution < 1.29 is 18.0 Å². The molecule has 0 unspecified atom stereocenters. The Kier molecular flexibility index (Phi) is 5.83. The Labute approximate surface area is 142 Å². The van der Waals surface area contributed by atoms with Gasteiger partial charge in [-0.25, -0.2) is 4.98 Å². The summed E-state index contributed by atoms with van der Waals surface area (Å²) in [4.78, 5) is 19.2. The van der Waals surface area contributed by atoms with Crippen LogP contribution in [0.2, 0.25) is 5.15 Å². The van der Waals surface area contributed by atoms with E-state index in [2.05, 4.69) is 16.9 Å². The number of imidazole rings is 1. The summed E-state index contributed by atoms with van der Waals surface area (Å²) in [6.45, 7) is 2.06. The Hall–Kier alpha value is -2.08. The molecular formula is C17H16ClF3N2O. The lowest BCUT2D eigenvalue weighted by molar-refractivity contribution is -0.137. The molecule has 0 bridgehead atoms. The summed E-state index contributed by atoms with van der Waals surface area (Å²) < 4.78 is 37.5. The molecule has 0 atom stereocenters. The number of aryl methyl sites for hydroxylation is 1. The van der Waals surface area contributed by atoms with Gasteiger partial charge in [-0.1, -0.05) is 37.1 Å². The number of nitrogens with one attached hydrogen (secondary N) is 1. The molecule has 1 aromatic heterocycles. The molecule has 1 aromatic carbocycles. The highest BCUT2D eigenvalue weighted by molar-refractivity contribution is 6.30. The number of H-pyrrole nitrogens is 1. The zero-order chi connectivity index (χ0) is 17.7. The number of hydrogen-bond donors (Lipinski definition) is 1. The predicted octanol–water partition coefficient (Wildman–Crippen LogP) is 5.32. The molecule has 3 nitrogen and oxygen atoms in total. The first-order valence-corrected chi connectivity index (χ1v) is 7.83. The fraction of sp³-hybridized carbons (Fsp3) is 0.294. The minimum absolute atomic E-state index is 0.164. The average molecular weight is 357 g/mol. The van der Waals surface area contributed by atoms with Gasteiger partial charge in [-0.2, -0.15) is 13.2 Å². The van der Waals surface area contributed by atoms with E-state index in [0.717, 1.165) is 49.4 Å². The van der Waals surface area contributed by atoms with Crippen LogP contribution in [-0.4, -0.2) is 15.8 Å². The lowest BCUT2D eigenvalue weighted by Gasteiger charge is -2.06. The van der Waals surface area contributed by atoms with Gasteiger partial charge in [0.15, 0.2) is 5.78 Å². The first-order chi connectivity index (χ1) is 11.3. The standard InChI is InChI=1S/C17H16ClF3N2O/c1-2-3-4-15-22-13(16(18)23-15)9-10-14(24)11-5-7-12(8-6-11)17(19,20)21/h5-10H,2-4H2,1H3,(H,22,23)/b10-9+. The van der Waals surface area contributed by atoms with Gasteiger partial charge in [-0.15, -0.1) is 0 Å². The number of unbranched alkanes of at least 4 members (excludes halogenated alkanes) is 1. The van der Waals surface area contributed by atoms with Gasteiger partial charge in [0.2, 0.25) is 0 Å². The average Bonchev–Trinajstić information content (AvgIpc) is 2.90. The van der Waals surface area contributed by atoms with Gasteiger partial charge < -0.3 is 4.98 Å². The van der Waals surface area contributed by atoms with Crippen molar-refractivity contribution in [1.82, 2.24) is 9.97 Å². The molecular weight excluding hydrogens is 341 g/mol. The van der Waals surface area contributed by atoms with Crippen molar-refractivity contribution >= 4 is 23.5 Å². The van der Waals surface area contributed by atoms with Gasteiger partial charge in [0.05, 0.1) is 5.56 Å². The third kappa shape index (κ3) is 4.71. The largest absolute Gasteiger partial charge is 0.416 e. The molecule has 24 heavy (non-hydrogen) atoms. The number of aromatic amines is 1. The maximum Gasteiger partial charge on any atom is 0.416 e. The van der Waals surface area contributed by atoms with E-state index in [1.807, 2.05) is 0 Å². The number of ketones is 1. The summed E-state index contributed by atoms with van der Waals surface area (Å²) in [5.41, 5.74) is -0.195. The number of halogens is 4. The van der Waals surface area contributed by atoms with Crippen molar-refractivity contribution in [2.45, 2.75) is 32.4 Å². The van der Waals surface area contributed by atoms with E-state index in [4.69, 9.17) is 11.6 Å². The van der Waals surface area contributed by atoms with Crippen molar-refractivity contribution in [3.63, 3.8) is 0 Å². The lowest BCUT2D eigenvalue weighted by atomic mass is 10.1. The molecule has 0 aliphatic heterocycles. The number of carbonyl (C=O) groups is 1. The van der Waals surface area contributed by atoms with Crippen LogP contribution in [0.4, 0.5) is 13.2 Å². The number of nitrogens with zero attached hydrogens (tertiary/aromatic N) is 1. The molecule has 2 aromatic rings. The zero-order valence-electron chi connectivity index (χ0n) is 13.0. The molecule has 7 heteroatoms. The number of rotatable bonds is 6. The van der Waals surface area contributed by atoms with Gasteiger partial charge in [-0.05, 0) is 30.7 Å². The Balaban J connectivity index is 2.09. The molecule has 0 saturated carbocycles. The smallest absolute Gasteiger partial charge is 0.333 e. The molecule has 0 saturated heterocycles. The van der Waals surface area contributed by atoms with E-state index in [9.17, 15) is 18.0 Å². The van der Waals surface area contributed by atoms with Crippen LogP contribution in [0.15, 0.2) is 30.3 Å². The first-order valence-electron chi connectivity index (χ1n) is 7.45. The monoisotopic (exact) mass is 356 g/mol. The normalized spacial score (nSPS) is 12.0. The highest BCUT2D eigenvalue weighted by Crippen LogP contribution is 2.29. The Bertz CT molecular complexity index is 733. The van der Waals surface area contributed by atoms with Crippen LogP contribution < -0.4 is 0 Å². The topological polar surface area (TPSA) is 45.8 Å². The third-order valence-electron chi connectivity index (χ3n) is 3.39. The predicted molar refractivity (Wildman–Crippen MR) is 87.0 cm³/mol. The van der Waals surface area contributed by atoms with E-state index in [-0.39, 0.29) is 5.56 Å². The number of hydrogen-bond acceptors (Lipinski definition) is 2. The van der Waals surface area contributed by atoms with Crippen molar-refractivity contribution in [1.29, 1.82) is 0 Å². The number of aromatic nitrogens is 2. The minimum atomic E-state index is -4.42. The van der Waals surface area contributed by atoms with Crippen molar-refractivity contribution in [3.05, 3.63) is 58.1 Å². The van der Waals surface area contributed by atoms with Gasteiger partial charge in [0.25, 0.3) is 0 Å². The second-order valence-electron chi connectivity index (χ2n) is 5.26. The van der Waals surface area contributed by atoms with Gasteiger partial charge in [0.1, 0.15) is 16.7 Å². The second kappa shape index (κ2) is 7.66. The molecule has 128 valence electrons. The lowest BCUT2D eigenvalue weighted by Crippen LogP contribution is -2.05. The maximum atomic E-state index is 12.5. The summed E-state index contributed by atoms with van der Waals surface area (Å²) in [6, 6.07) is 4.06. The van der Waals surface area contributed by atoms with Crippen molar-refractivity contribution in [3.8, 4) is 0 Å². The van der Waals surface area contributed by atoms with Gasteiger partial charge >= 0.3 is 6.18 Å². The van der Waals surface area contributed by atoms with E-state index in [0.29, 0.717) is 10.8 Å². The Morgan fingerprint density at radius 2 is 1.96 bits per heavy atom. The number of carbonyl (C=O) groups excluding carboxylic acids is 1. The molecule has 0 fully saturated rings. The van der Waals surface area contributed by atoms with Gasteiger partial charge in [0, 0.05) is 12.0 Å². The van der Waals surface area contributed by atoms with E-state index in [1.54, 1.807) is 0 Å². The van der Waals surface area contributed by atoms with E-state index in [1.165, 1.54) is 12.2 Å². The summed E-state index contributed by atoms with van der Waals surface area (Å²) in [6.07, 6.45) is 1.03. The number of alkyl halides is 3. The van der Waals surface area contributed by atoms with Crippen molar-refractivity contribution in [2.75, 3.05) is 0 Å².